The molecule has 102 valence electrons. The molecule has 1 rings (SSSR count). The highest BCUT2D eigenvalue weighted by Gasteiger charge is 2.12. The zero-order valence-electron chi connectivity index (χ0n) is 10.8. The van der Waals surface area contributed by atoms with E-state index in [2.05, 4.69) is 0 Å². The van der Waals surface area contributed by atoms with Crippen molar-refractivity contribution in [1.82, 2.24) is 4.90 Å². The third-order valence-corrected chi connectivity index (χ3v) is 2.98. The van der Waals surface area contributed by atoms with Crippen molar-refractivity contribution in [1.29, 1.82) is 0 Å². The quantitative estimate of drug-likeness (QED) is 0.473. The average Bonchev–Trinajstić information content (AvgIpc) is 2.38. The smallest absolute Gasteiger partial charge is 0.288 e. The van der Waals surface area contributed by atoms with E-state index in [9.17, 15) is 14.9 Å². The van der Waals surface area contributed by atoms with Crippen molar-refractivity contribution in [3.63, 3.8) is 0 Å². The van der Waals surface area contributed by atoms with Crippen LogP contribution in [0.2, 0.25) is 5.02 Å². The topological polar surface area (TPSA) is 63.5 Å². The minimum Gasteiger partial charge on any atom is -0.340 e. The van der Waals surface area contributed by atoms with Crippen molar-refractivity contribution in [3.8, 4) is 0 Å². The molecule has 0 aliphatic rings. The molecule has 5 nitrogen and oxygen atoms in total. The molecular formula is C13H15ClN2O3. The minimum absolute atomic E-state index is 0.0808. The first-order valence-electron chi connectivity index (χ1n) is 5.90. The average molecular weight is 283 g/mol. The van der Waals surface area contributed by atoms with Crippen LogP contribution < -0.4 is 0 Å². The number of halogens is 1. The largest absolute Gasteiger partial charge is 0.340 e. The number of likely N-dealkylation sites (N-methyl/N-ethyl adjacent to an activating group) is 1. The van der Waals surface area contributed by atoms with Gasteiger partial charge in [-0.3, -0.25) is 14.9 Å². The van der Waals surface area contributed by atoms with Crippen LogP contribution in [0.3, 0.4) is 0 Å². The van der Waals surface area contributed by atoms with Gasteiger partial charge in [-0.2, -0.15) is 0 Å². The minimum atomic E-state index is -0.550. The van der Waals surface area contributed by atoms with Crippen molar-refractivity contribution in [2.45, 2.75) is 13.8 Å². The van der Waals surface area contributed by atoms with E-state index < -0.39 is 4.92 Å². The number of nitrogens with zero attached hydrogens (tertiary/aromatic N) is 2. The van der Waals surface area contributed by atoms with Crippen LogP contribution in [0.15, 0.2) is 24.3 Å². The van der Waals surface area contributed by atoms with Crippen LogP contribution in [-0.4, -0.2) is 28.8 Å². The monoisotopic (exact) mass is 282 g/mol. The molecule has 0 heterocycles. The van der Waals surface area contributed by atoms with Crippen LogP contribution in [0, 0.1) is 10.1 Å². The van der Waals surface area contributed by atoms with Crippen LogP contribution in [0.4, 0.5) is 5.69 Å². The summed E-state index contributed by atoms with van der Waals surface area (Å²) in [6.45, 7) is 5.03. The zero-order chi connectivity index (χ0) is 14.4. The van der Waals surface area contributed by atoms with Crippen LogP contribution in [0.1, 0.15) is 19.4 Å². The van der Waals surface area contributed by atoms with Crippen LogP contribution in [0.25, 0.3) is 6.08 Å². The Balaban J connectivity index is 2.91. The molecule has 1 amide bonds. The predicted molar refractivity (Wildman–Crippen MR) is 75.1 cm³/mol. The van der Waals surface area contributed by atoms with Crippen molar-refractivity contribution in [2.24, 2.45) is 0 Å². The Hall–Kier alpha value is -1.88. The summed E-state index contributed by atoms with van der Waals surface area (Å²) in [6.07, 6.45) is 2.95. The molecular weight excluding hydrogens is 268 g/mol. The molecule has 0 unspecified atom stereocenters. The number of carbonyl (C=O) groups is 1. The van der Waals surface area contributed by atoms with Crippen molar-refractivity contribution in [3.05, 3.63) is 45.0 Å². The lowest BCUT2D eigenvalue weighted by atomic mass is 10.2. The Kier molecular flexibility index (Phi) is 5.51. The van der Waals surface area contributed by atoms with Gasteiger partial charge in [-0.1, -0.05) is 17.7 Å². The van der Waals surface area contributed by atoms with E-state index in [4.69, 9.17) is 11.6 Å². The molecule has 1 aromatic carbocycles. The SMILES string of the molecule is CCN(CC)C(=O)/C=C/c1ccc(Cl)c([N+](=O)[O-])c1. The fraction of sp³-hybridized carbons (Fsp3) is 0.308. The summed E-state index contributed by atoms with van der Waals surface area (Å²) in [7, 11) is 0. The standard InChI is InChI=1S/C13H15ClN2O3/c1-3-15(4-2)13(17)8-6-10-5-7-11(14)12(9-10)16(18)19/h5-9H,3-4H2,1-2H3/b8-6+. The Morgan fingerprint density at radius 2 is 2.05 bits per heavy atom. The molecule has 19 heavy (non-hydrogen) atoms. The Bertz CT molecular complexity index is 511. The summed E-state index contributed by atoms with van der Waals surface area (Å²) in [5.41, 5.74) is 0.399. The van der Waals surface area contributed by atoms with Gasteiger partial charge >= 0.3 is 0 Å². The molecule has 0 aromatic heterocycles. The Morgan fingerprint density at radius 1 is 1.42 bits per heavy atom. The van der Waals surface area contributed by atoms with E-state index >= 15 is 0 Å². The highest BCUT2D eigenvalue weighted by Crippen LogP contribution is 2.25. The van der Waals surface area contributed by atoms with Gasteiger partial charge < -0.3 is 4.90 Å². The molecule has 6 heteroatoms. The molecule has 1 aromatic rings. The lowest BCUT2D eigenvalue weighted by Gasteiger charge is -2.15. The highest BCUT2D eigenvalue weighted by molar-refractivity contribution is 6.32. The third-order valence-electron chi connectivity index (χ3n) is 2.66. The van der Waals surface area contributed by atoms with Crippen molar-refractivity contribution < 1.29 is 9.72 Å². The zero-order valence-corrected chi connectivity index (χ0v) is 11.6. The van der Waals surface area contributed by atoms with Gasteiger partial charge in [0.15, 0.2) is 0 Å². The second-order valence-corrected chi connectivity index (χ2v) is 4.22. The second-order valence-electron chi connectivity index (χ2n) is 3.81. The second kappa shape index (κ2) is 6.89. The Labute approximate surface area is 116 Å². The summed E-state index contributed by atoms with van der Waals surface area (Å²) in [5.74, 6) is -0.123. The molecule has 0 spiro atoms. The highest BCUT2D eigenvalue weighted by atomic mass is 35.5. The molecule has 0 fully saturated rings. The summed E-state index contributed by atoms with van der Waals surface area (Å²) in [4.78, 5) is 23.6. The van der Waals surface area contributed by atoms with Gasteiger partial charge in [0.25, 0.3) is 5.69 Å². The van der Waals surface area contributed by atoms with Gasteiger partial charge in [0.05, 0.1) is 4.92 Å². The van der Waals surface area contributed by atoms with E-state index in [1.165, 1.54) is 18.2 Å². The molecule has 0 aliphatic carbocycles. The van der Waals surface area contributed by atoms with Gasteiger partial charge in [-0.05, 0) is 31.6 Å². The summed E-state index contributed by atoms with van der Waals surface area (Å²) < 4.78 is 0. The lowest BCUT2D eigenvalue weighted by molar-refractivity contribution is -0.384. The number of nitro benzene ring substituents is 1. The van der Waals surface area contributed by atoms with E-state index in [0.29, 0.717) is 18.7 Å². The van der Waals surface area contributed by atoms with Gasteiger partial charge in [0.1, 0.15) is 5.02 Å². The van der Waals surface area contributed by atoms with Gasteiger partial charge in [0, 0.05) is 25.2 Å². The number of hydrogen-bond acceptors (Lipinski definition) is 3. The van der Waals surface area contributed by atoms with E-state index in [1.807, 2.05) is 13.8 Å². The van der Waals surface area contributed by atoms with Gasteiger partial charge in [-0.25, -0.2) is 0 Å². The first-order valence-corrected chi connectivity index (χ1v) is 6.28. The number of nitro groups is 1. The maximum absolute atomic E-state index is 11.7. The number of benzene rings is 1. The molecule has 0 aliphatic heterocycles. The van der Waals surface area contributed by atoms with Crippen LogP contribution in [0.5, 0.6) is 0 Å². The first-order chi connectivity index (χ1) is 8.99. The summed E-state index contributed by atoms with van der Waals surface area (Å²) in [5, 5.41) is 10.8. The number of carbonyl (C=O) groups excluding carboxylic acids is 1. The molecule has 0 bridgehead atoms. The fourth-order valence-electron chi connectivity index (χ4n) is 1.58. The van der Waals surface area contributed by atoms with Gasteiger partial charge in [0.2, 0.25) is 5.91 Å². The van der Waals surface area contributed by atoms with E-state index in [-0.39, 0.29) is 16.6 Å². The lowest BCUT2D eigenvalue weighted by Crippen LogP contribution is -2.28. The van der Waals surface area contributed by atoms with Crippen molar-refractivity contribution in [2.75, 3.05) is 13.1 Å². The van der Waals surface area contributed by atoms with Crippen molar-refractivity contribution >= 4 is 29.3 Å². The number of amides is 1. The maximum atomic E-state index is 11.7. The predicted octanol–water partition coefficient (Wildman–Crippen LogP) is 3.13. The molecule has 0 radical (unpaired) electrons. The summed E-state index contributed by atoms with van der Waals surface area (Å²) in [6, 6.07) is 4.41. The Morgan fingerprint density at radius 3 is 2.58 bits per heavy atom. The first kappa shape index (κ1) is 15.2. The molecule has 0 N–H and O–H groups in total. The fourth-order valence-corrected chi connectivity index (χ4v) is 1.77. The normalized spacial score (nSPS) is 10.7. The van der Waals surface area contributed by atoms with E-state index in [1.54, 1.807) is 17.0 Å². The maximum Gasteiger partial charge on any atom is 0.288 e. The molecule has 0 saturated carbocycles. The van der Waals surface area contributed by atoms with E-state index in [0.717, 1.165) is 0 Å². The molecule has 0 atom stereocenters. The van der Waals surface area contributed by atoms with Crippen LogP contribution >= 0.6 is 11.6 Å². The van der Waals surface area contributed by atoms with Gasteiger partial charge in [-0.15, -0.1) is 0 Å². The third kappa shape index (κ3) is 4.06. The molecule has 0 saturated heterocycles. The number of rotatable bonds is 5. The summed E-state index contributed by atoms with van der Waals surface area (Å²) >= 11 is 5.71. The number of hydrogen-bond donors (Lipinski definition) is 0. The van der Waals surface area contributed by atoms with Crippen LogP contribution in [-0.2, 0) is 4.79 Å².